The van der Waals surface area contributed by atoms with Gasteiger partial charge in [-0.25, -0.2) is 0 Å². The molecule has 0 saturated carbocycles. The van der Waals surface area contributed by atoms with Crippen molar-refractivity contribution in [3.63, 3.8) is 0 Å². The van der Waals surface area contributed by atoms with E-state index in [9.17, 15) is 9.59 Å². The molecule has 0 amide bonds. The Morgan fingerprint density at radius 1 is 0.411 bits per heavy atom. The summed E-state index contributed by atoms with van der Waals surface area (Å²) in [6.45, 7) is 7.48. The lowest BCUT2D eigenvalue weighted by Gasteiger charge is -2.18. The number of hydrogen-bond donors (Lipinski definition) is 0. The van der Waals surface area contributed by atoms with Gasteiger partial charge < -0.3 is 14.2 Å². The van der Waals surface area contributed by atoms with Crippen LogP contribution in [0.5, 0.6) is 0 Å². The smallest absolute Gasteiger partial charge is 0.306 e. The molecule has 0 N–H and O–H groups in total. The number of carbonyl (C=O) groups is 2. The molecule has 318 valence electrons. The van der Waals surface area contributed by atoms with Crippen molar-refractivity contribution in [2.45, 2.75) is 194 Å². The van der Waals surface area contributed by atoms with Gasteiger partial charge in [0.2, 0.25) is 0 Å². The summed E-state index contributed by atoms with van der Waals surface area (Å²) in [4.78, 5) is 25.2. The number of esters is 2. The van der Waals surface area contributed by atoms with Crippen LogP contribution in [0.25, 0.3) is 0 Å². The topological polar surface area (TPSA) is 61.8 Å². The van der Waals surface area contributed by atoms with Gasteiger partial charge in [0.25, 0.3) is 0 Å². The molecule has 1 atom stereocenters. The van der Waals surface area contributed by atoms with E-state index in [-0.39, 0.29) is 25.2 Å². The van der Waals surface area contributed by atoms with Gasteiger partial charge in [0.05, 0.1) is 6.61 Å². The number of unbranched alkanes of at least 4 members (excludes halogenated alkanes) is 13. The summed E-state index contributed by atoms with van der Waals surface area (Å²) in [5, 5.41) is 0. The number of hydrogen-bond acceptors (Lipinski definition) is 5. The Balaban J connectivity index is 4.41. The van der Waals surface area contributed by atoms with Gasteiger partial charge >= 0.3 is 11.9 Å². The summed E-state index contributed by atoms with van der Waals surface area (Å²) < 4.78 is 17.2. The fraction of sp³-hybridized carbons (Fsp3) is 0.647. The lowest BCUT2D eigenvalue weighted by Crippen LogP contribution is -2.30. The molecule has 0 heterocycles. The SMILES string of the molecule is CC/C=C\C/C=C\C/C=C\C/C=C\CCCCC(=O)OCC(COCCCCCCCCCCCC)OC(=O)CCCC/C=C\C/C=C\C/C=C\C/C=C\CC. The first-order chi connectivity index (χ1) is 27.6. The van der Waals surface area contributed by atoms with Gasteiger partial charge in [-0.05, 0) is 96.3 Å². The highest BCUT2D eigenvalue weighted by Gasteiger charge is 2.17. The van der Waals surface area contributed by atoms with Crippen LogP contribution in [0.15, 0.2) is 97.2 Å². The zero-order chi connectivity index (χ0) is 40.7. The Hall–Kier alpha value is -3.18. The van der Waals surface area contributed by atoms with Crippen molar-refractivity contribution >= 4 is 11.9 Å². The third kappa shape index (κ3) is 43.5. The molecule has 0 aliphatic rings. The zero-order valence-corrected chi connectivity index (χ0v) is 36.4. The van der Waals surface area contributed by atoms with Crippen molar-refractivity contribution in [2.75, 3.05) is 19.8 Å². The lowest BCUT2D eigenvalue weighted by atomic mass is 10.1. The molecule has 56 heavy (non-hydrogen) atoms. The summed E-state index contributed by atoms with van der Waals surface area (Å²) in [7, 11) is 0. The van der Waals surface area contributed by atoms with Crippen molar-refractivity contribution in [1.29, 1.82) is 0 Å². The molecular weight excluding hydrogens is 693 g/mol. The lowest BCUT2D eigenvalue weighted by molar-refractivity contribution is -0.163. The van der Waals surface area contributed by atoms with E-state index in [1.165, 1.54) is 51.4 Å². The summed E-state index contributed by atoms with van der Waals surface area (Å²) in [6.07, 6.45) is 61.2. The summed E-state index contributed by atoms with van der Waals surface area (Å²) in [6, 6.07) is 0. The zero-order valence-electron chi connectivity index (χ0n) is 36.4. The second-order valence-corrected chi connectivity index (χ2v) is 14.5. The highest BCUT2D eigenvalue weighted by atomic mass is 16.6. The summed E-state index contributed by atoms with van der Waals surface area (Å²) >= 11 is 0. The first-order valence-corrected chi connectivity index (χ1v) is 22.8. The molecule has 5 nitrogen and oxygen atoms in total. The monoisotopic (exact) mass is 777 g/mol. The molecule has 0 spiro atoms. The standard InChI is InChI=1S/C51H84O5/c1-4-7-10-13-16-19-22-24-26-28-30-32-35-38-41-44-50(52)55-48-49(47-54-46-43-40-37-34-21-18-15-12-9-6-3)56-51(53)45-42-39-36-33-31-29-27-25-23-20-17-14-11-8-5-2/h7-8,10-11,16-17,19-20,24-27,30-33,49H,4-6,9,12-15,18,21-23,28-29,34-48H2,1-3H3/b10-7-,11-8-,19-16-,20-17-,26-24-,27-25-,32-30-,33-31-. The Kier molecular flexibility index (Phi) is 43.6. The van der Waals surface area contributed by atoms with Gasteiger partial charge in [-0.2, -0.15) is 0 Å². The van der Waals surface area contributed by atoms with Crippen LogP contribution in [0.2, 0.25) is 0 Å². The molecule has 0 radical (unpaired) electrons. The molecule has 0 aliphatic heterocycles. The minimum atomic E-state index is -0.576. The second kappa shape index (κ2) is 46.2. The number of ether oxygens (including phenoxy) is 3. The van der Waals surface area contributed by atoms with E-state index in [0.29, 0.717) is 19.4 Å². The van der Waals surface area contributed by atoms with Gasteiger partial charge in [-0.15, -0.1) is 0 Å². The molecule has 0 fully saturated rings. The Morgan fingerprint density at radius 2 is 0.804 bits per heavy atom. The maximum Gasteiger partial charge on any atom is 0.306 e. The van der Waals surface area contributed by atoms with Gasteiger partial charge in [0.1, 0.15) is 6.61 Å². The van der Waals surface area contributed by atoms with Gasteiger partial charge in [0, 0.05) is 19.4 Å². The average Bonchev–Trinajstić information content (AvgIpc) is 3.20. The number of allylic oxidation sites excluding steroid dienone is 16. The molecule has 0 saturated heterocycles. The van der Waals surface area contributed by atoms with E-state index in [0.717, 1.165) is 103 Å². The molecule has 0 aromatic heterocycles. The Bertz CT molecular complexity index is 1110. The highest BCUT2D eigenvalue weighted by Crippen LogP contribution is 2.12. The second-order valence-electron chi connectivity index (χ2n) is 14.5. The maximum atomic E-state index is 12.7. The van der Waals surface area contributed by atoms with Gasteiger partial charge in [-0.1, -0.05) is 176 Å². The van der Waals surface area contributed by atoms with Crippen LogP contribution in [-0.4, -0.2) is 37.9 Å². The van der Waals surface area contributed by atoms with Crippen LogP contribution in [-0.2, 0) is 23.8 Å². The molecule has 5 heteroatoms. The van der Waals surface area contributed by atoms with Crippen LogP contribution >= 0.6 is 0 Å². The first kappa shape index (κ1) is 52.8. The van der Waals surface area contributed by atoms with Crippen LogP contribution in [0.1, 0.15) is 188 Å². The average molecular weight is 777 g/mol. The molecule has 0 aromatic rings. The van der Waals surface area contributed by atoms with Crippen molar-refractivity contribution in [1.82, 2.24) is 0 Å². The van der Waals surface area contributed by atoms with Crippen LogP contribution in [0.3, 0.4) is 0 Å². The summed E-state index contributed by atoms with van der Waals surface area (Å²) in [5.74, 6) is -0.500. The van der Waals surface area contributed by atoms with Crippen molar-refractivity contribution in [3.05, 3.63) is 97.2 Å². The normalized spacial score (nSPS) is 13.1. The van der Waals surface area contributed by atoms with E-state index in [1.54, 1.807) is 0 Å². The van der Waals surface area contributed by atoms with Crippen LogP contribution < -0.4 is 0 Å². The van der Waals surface area contributed by atoms with E-state index in [4.69, 9.17) is 14.2 Å². The number of rotatable bonds is 40. The molecular formula is C51H84O5. The minimum absolute atomic E-state index is 0.0431. The minimum Gasteiger partial charge on any atom is -0.462 e. The third-order valence-corrected chi connectivity index (χ3v) is 9.12. The number of carbonyl (C=O) groups excluding carboxylic acids is 2. The van der Waals surface area contributed by atoms with Crippen molar-refractivity contribution in [2.24, 2.45) is 0 Å². The predicted octanol–water partition coefficient (Wildman–Crippen LogP) is 15.1. The molecule has 0 aromatic carbocycles. The largest absolute Gasteiger partial charge is 0.462 e. The van der Waals surface area contributed by atoms with Gasteiger partial charge in [-0.3, -0.25) is 9.59 Å². The Labute approximate surface area is 345 Å². The predicted molar refractivity (Wildman–Crippen MR) is 242 cm³/mol. The van der Waals surface area contributed by atoms with E-state index in [2.05, 4.69) is 118 Å². The maximum absolute atomic E-state index is 12.7. The molecule has 1 unspecified atom stereocenters. The Morgan fingerprint density at radius 3 is 1.25 bits per heavy atom. The molecule has 0 bridgehead atoms. The third-order valence-electron chi connectivity index (χ3n) is 9.12. The molecule has 0 aliphatic carbocycles. The van der Waals surface area contributed by atoms with E-state index in [1.807, 2.05) is 0 Å². The highest BCUT2D eigenvalue weighted by molar-refractivity contribution is 5.70. The van der Waals surface area contributed by atoms with E-state index < -0.39 is 6.10 Å². The van der Waals surface area contributed by atoms with Crippen LogP contribution in [0, 0.1) is 0 Å². The van der Waals surface area contributed by atoms with Crippen molar-refractivity contribution in [3.8, 4) is 0 Å². The first-order valence-electron chi connectivity index (χ1n) is 22.8. The fourth-order valence-corrected chi connectivity index (χ4v) is 5.78. The van der Waals surface area contributed by atoms with Gasteiger partial charge in [0.15, 0.2) is 6.10 Å². The molecule has 0 rings (SSSR count). The quantitative estimate of drug-likeness (QED) is 0.0352. The van der Waals surface area contributed by atoms with E-state index >= 15 is 0 Å². The summed E-state index contributed by atoms with van der Waals surface area (Å²) in [5.41, 5.74) is 0. The van der Waals surface area contributed by atoms with Crippen molar-refractivity contribution < 1.29 is 23.8 Å². The fourth-order valence-electron chi connectivity index (χ4n) is 5.78. The van der Waals surface area contributed by atoms with Crippen LogP contribution in [0.4, 0.5) is 0 Å².